The highest BCUT2D eigenvalue weighted by atomic mass is 16.5. The van der Waals surface area contributed by atoms with Crippen LogP contribution in [0.2, 0.25) is 0 Å². The average molecular weight is 215 g/mol. The number of piperidine rings is 1. The quantitative estimate of drug-likeness (QED) is 0.754. The Bertz CT molecular complexity index is 174. The average Bonchev–Trinajstić information content (AvgIpc) is 2.27. The summed E-state index contributed by atoms with van der Waals surface area (Å²) >= 11 is 0. The molecule has 1 rings (SSSR count). The van der Waals surface area contributed by atoms with Crippen LogP contribution in [0.15, 0.2) is 0 Å². The molecule has 1 saturated heterocycles. The van der Waals surface area contributed by atoms with Crippen molar-refractivity contribution in [2.75, 3.05) is 33.4 Å². The van der Waals surface area contributed by atoms with E-state index in [1.807, 2.05) is 0 Å². The van der Waals surface area contributed by atoms with Gasteiger partial charge in [0.25, 0.3) is 0 Å². The van der Waals surface area contributed by atoms with Crippen LogP contribution in [-0.2, 0) is 4.74 Å². The highest BCUT2D eigenvalue weighted by Gasteiger charge is 2.21. The number of hydrogen-bond acceptors (Lipinski definition) is 3. The number of aliphatic hydroxyl groups excluding tert-OH is 1. The predicted molar refractivity (Wildman–Crippen MR) is 62.0 cm³/mol. The normalized spacial score (nSPS) is 20.8. The molecule has 0 spiro atoms. The smallest absolute Gasteiger partial charge is 0.0634 e. The van der Waals surface area contributed by atoms with Crippen molar-refractivity contribution in [3.8, 4) is 0 Å². The molecule has 0 aromatic carbocycles. The Morgan fingerprint density at radius 3 is 2.40 bits per heavy atom. The van der Waals surface area contributed by atoms with Crippen LogP contribution in [0, 0.1) is 5.92 Å². The fourth-order valence-electron chi connectivity index (χ4n) is 1.92. The van der Waals surface area contributed by atoms with Gasteiger partial charge in [-0.15, -0.1) is 0 Å². The molecule has 1 aliphatic heterocycles. The Hall–Kier alpha value is -0.120. The van der Waals surface area contributed by atoms with Gasteiger partial charge < -0.3 is 14.7 Å². The van der Waals surface area contributed by atoms with E-state index < -0.39 is 0 Å². The Kier molecular flexibility index (Phi) is 5.03. The van der Waals surface area contributed by atoms with E-state index >= 15 is 0 Å². The van der Waals surface area contributed by atoms with Crippen LogP contribution in [0.5, 0.6) is 0 Å². The van der Waals surface area contributed by atoms with Crippen molar-refractivity contribution in [3.05, 3.63) is 0 Å². The van der Waals surface area contributed by atoms with Crippen molar-refractivity contribution >= 4 is 0 Å². The fourth-order valence-corrected chi connectivity index (χ4v) is 1.92. The van der Waals surface area contributed by atoms with Gasteiger partial charge in [-0.05, 0) is 52.1 Å². The number of nitrogens with zero attached hydrogens (tertiary/aromatic N) is 1. The Morgan fingerprint density at radius 2 is 1.93 bits per heavy atom. The van der Waals surface area contributed by atoms with Crippen molar-refractivity contribution in [1.82, 2.24) is 4.90 Å². The van der Waals surface area contributed by atoms with Crippen molar-refractivity contribution in [2.24, 2.45) is 5.92 Å². The second-order valence-electron chi connectivity index (χ2n) is 5.18. The summed E-state index contributed by atoms with van der Waals surface area (Å²) < 4.78 is 5.40. The molecule has 1 aliphatic rings. The molecule has 3 heteroatoms. The number of hydrogen-bond donors (Lipinski definition) is 1. The molecule has 0 aliphatic carbocycles. The monoisotopic (exact) mass is 215 g/mol. The van der Waals surface area contributed by atoms with Gasteiger partial charge in [0.2, 0.25) is 0 Å². The summed E-state index contributed by atoms with van der Waals surface area (Å²) in [5.74, 6) is 0.539. The largest absolute Gasteiger partial charge is 0.396 e. The third-order valence-electron chi connectivity index (χ3n) is 3.55. The first kappa shape index (κ1) is 12.9. The summed E-state index contributed by atoms with van der Waals surface area (Å²) in [6.07, 6.45) is 3.36. The van der Waals surface area contributed by atoms with E-state index in [1.165, 1.54) is 0 Å². The molecular formula is C12H25NO2. The van der Waals surface area contributed by atoms with E-state index in [-0.39, 0.29) is 5.60 Å². The molecule has 3 nitrogen and oxygen atoms in total. The van der Waals surface area contributed by atoms with Gasteiger partial charge in [0.15, 0.2) is 0 Å². The molecule has 90 valence electrons. The van der Waals surface area contributed by atoms with Crippen molar-refractivity contribution in [1.29, 1.82) is 0 Å². The third kappa shape index (κ3) is 4.49. The SMILES string of the molecule is COC(C)(C)CCN1CCC(CO)CC1. The van der Waals surface area contributed by atoms with Gasteiger partial charge in [-0.3, -0.25) is 0 Å². The van der Waals surface area contributed by atoms with E-state index in [1.54, 1.807) is 7.11 Å². The maximum atomic E-state index is 9.04. The molecule has 0 aromatic rings. The van der Waals surface area contributed by atoms with Crippen molar-refractivity contribution in [3.63, 3.8) is 0 Å². The van der Waals surface area contributed by atoms with Crippen LogP contribution in [0.3, 0.4) is 0 Å². The lowest BCUT2D eigenvalue weighted by Crippen LogP contribution is -2.38. The summed E-state index contributed by atoms with van der Waals surface area (Å²) in [5, 5.41) is 9.04. The topological polar surface area (TPSA) is 32.7 Å². The van der Waals surface area contributed by atoms with Crippen LogP contribution in [0.4, 0.5) is 0 Å². The van der Waals surface area contributed by atoms with E-state index in [9.17, 15) is 0 Å². The standard InChI is InChI=1S/C12H25NO2/c1-12(2,15-3)6-9-13-7-4-11(10-14)5-8-13/h11,14H,4-10H2,1-3H3. The minimum atomic E-state index is -0.00612. The lowest BCUT2D eigenvalue weighted by atomic mass is 9.97. The molecule has 15 heavy (non-hydrogen) atoms. The molecular weight excluding hydrogens is 190 g/mol. The Morgan fingerprint density at radius 1 is 1.33 bits per heavy atom. The van der Waals surface area contributed by atoms with Crippen LogP contribution in [0.25, 0.3) is 0 Å². The second-order valence-corrected chi connectivity index (χ2v) is 5.18. The Balaban J connectivity index is 2.19. The van der Waals surface area contributed by atoms with Crippen LogP contribution < -0.4 is 0 Å². The van der Waals surface area contributed by atoms with Gasteiger partial charge in [0, 0.05) is 20.3 Å². The molecule has 0 aromatic heterocycles. The van der Waals surface area contributed by atoms with Crippen molar-refractivity contribution < 1.29 is 9.84 Å². The van der Waals surface area contributed by atoms with E-state index in [2.05, 4.69) is 18.7 Å². The minimum absolute atomic E-state index is 0.00612. The number of methoxy groups -OCH3 is 1. The maximum absolute atomic E-state index is 9.04. The van der Waals surface area contributed by atoms with E-state index in [0.717, 1.165) is 38.9 Å². The first-order valence-corrected chi connectivity index (χ1v) is 5.96. The molecule has 0 radical (unpaired) electrons. The number of rotatable bonds is 5. The number of ether oxygens (including phenoxy) is 1. The summed E-state index contributed by atoms with van der Waals surface area (Å²) in [4.78, 5) is 2.48. The van der Waals surface area contributed by atoms with Crippen LogP contribution in [0.1, 0.15) is 33.1 Å². The molecule has 0 bridgehead atoms. The van der Waals surface area contributed by atoms with E-state index in [4.69, 9.17) is 9.84 Å². The van der Waals surface area contributed by atoms with E-state index in [0.29, 0.717) is 12.5 Å². The highest BCUT2D eigenvalue weighted by Crippen LogP contribution is 2.19. The van der Waals surface area contributed by atoms with Gasteiger partial charge >= 0.3 is 0 Å². The molecule has 0 unspecified atom stereocenters. The molecule has 0 saturated carbocycles. The predicted octanol–water partition coefficient (Wildman–Crippen LogP) is 1.51. The molecule has 1 N–H and O–H groups in total. The maximum Gasteiger partial charge on any atom is 0.0634 e. The number of aliphatic hydroxyl groups is 1. The van der Waals surface area contributed by atoms with Crippen LogP contribution >= 0.6 is 0 Å². The second kappa shape index (κ2) is 5.83. The van der Waals surface area contributed by atoms with Gasteiger partial charge in [0.1, 0.15) is 0 Å². The molecule has 0 amide bonds. The first-order chi connectivity index (χ1) is 7.07. The van der Waals surface area contributed by atoms with Crippen LogP contribution in [-0.4, -0.2) is 49.0 Å². The zero-order valence-corrected chi connectivity index (χ0v) is 10.3. The van der Waals surface area contributed by atoms with Gasteiger partial charge in [0.05, 0.1) is 5.60 Å². The lowest BCUT2D eigenvalue weighted by Gasteiger charge is -2.33. The van der Waals surface area contributed by atoms with Gasteiger partial charge in [-0.1, -0.05) is 0 Å². The number of likely N-dealkylation sites (tertiary alicyclic amines) is 1. The Labute approximate surface area is 93.4 Å². The zero-order chi connectivity index (χ0) is 11.3. The van der Waals surface area contributed by atoms with Gasteiger partial charge in [-0.25, -0.2) is 0 Å². The summed E-state index contributed by atoms with van der Waals surface area (Å²) in [5.41, 5.74) is -0.00612. The molecule has 1 heterocycles. The summed E-state index contributed by atoms with van der Waals surface area (Å²) in [6.45, 7) is 7.99. The fraction of sp³-hybridized carbons (Fsp3) is 1.00. The summed E-state index contributed by atoms with van der Waals surface area (Å²) in [6, 6.07) is 0. The molecule has 0 atom stereocenters. The highest BCUT2D eigenvalue weighted by molar-refractivity contribution is 4.75. The first-order valence-electron chi connectivity index (χ1n) is 5.96. The molecule has 1 fully saturated rings. The summed E-state index contributed by atoms with van der Waals surface area (Å²) in [7, 11) is 1.78. The van der Waals surface area contributed by atoms with Gasteiger partial charge in [-0.2, -0.15) is 0 Å². The van der Waals surface area contributed by atoms with Crippen molar-refractivity contribution in [2.45, 2.75) is 38.7 Å². The lowest BCUT2D eigenvalue weighted by molar-refractivity contribution is 0.00393. The zero-order valence-electron chi connectivity index (χ0n) is 10.3. The third-order valence-corrected chi connectivity index (χ3v) is 3.55. The minimum Gasteiger partial charge on any atom is -0.396 e.